The first kappa shape index (κ1) is 10.5. The summed E-state index contributed by atoms with van der Waals surface area (Å²) in [5.41, 5.74) is 0.908. The molecule has 72 valence electrons. The van der Waals surface area contributed by atoms with Crippen LogP contribution in [0, 0.1) is 0 Å². The Kier molecular flexibility index (Phi) is 4.86. The van der Waals surface area contributed by atoms with Crippen molar-refractivity contribution in [3.05, 3.63) is 30.1 Å². The molecule has 13 heavy (non-hydrogen) atoms. The molecule has 0 radical (unpaired) electrons. The molecular weight excluding hydrogens is 182 g/mol. The van der Waals surface area contributed by atoms with Crippen LogP contribution in [0.15, 0.2) is 24.5 Å². The lowest BCUT2D eigenvalue weighted by molar-refractivity contribution is 0.203. The summed E-state index contributed by atoms with van der Waals surface area (Å²) in [7, 11) is 0. The van der Waals surface area contributed by atoms with Crippen LogP contribution in [0.25, 0.3) is 0 Å². The van der Waals surface area contributed by atoms with Gasteiger partial charge >= 0.3 is 0 Å². The molecule has 1 atom stereocenters. The Hall–Kier alpha value is -0.540. The van der Waals surface area contributed by atoms with Gasteiger partial charge in [0, 0.05) is 18.1 Å². The van der Waals surface area contributed by atoms with Crippen molar-refractivity contribution in [3.63, 3.8) is 0 Å². The molecule has 1 aromatic rings. The van der Waals surface area contributed by atoms with Gasteiger partial charge in [-0.1, -0.05) is 13.0 Å². The smallest absolute Gasteiger partial charge is 0.0895 e. The van der Waals surface area contributed by atoms with Crippen molar-refractivity contribution in [1.29, 1.82) is 0 Å². The maximum atomic E-state index is 9.69. The van der Waals surface area contributed by atoms with Gasteiger partial charge in [-0.25, -0.2) is 0 Å². The van der Waals surface area contributed by atoms with Crippen LogP contribution in [0.5, 0.6) is 0 Å². The molecule has 0 fully saturated rings. The number of pyridine rings is 1. The third kappa shape index (κ3) is 3.79. The van der Waals surface area contributed by atoms with Crippen molar-refractivity contribution < 1.29 is 5.11 Å². The summed E-state index contributed by atoms with van der Waals surface area (Å²) in [6.45, 7) is 2.14. The predicted octanol–water partition coefficient (Wildman–Crippen LogP) is 2.26. The molecule has 0 saturated heterocycles. The molecule has 1 unspecified atom stereocenters. The van der Waals surface area contributed by atoms with Gasteiger partial charge in [0.05, 0.1) is 6.10 Å². The van der Waals surface area contributed by atoms with E-state index in [0.717, 1.165) is 23.5 Å². The normalized spacial score (nSPS) is 12.8. The van der Waals surface area contributed by atoms with Gasteiger partial charge < -0.3 is 5.11 Å². The van der Waals surface area contributed by atoms with E-state index in [-0.39, 0.29) is 6.10 Å². The van der Waals surface area contributed by atoms with Gasteiger partial charge in [0.2, 0.25) is 0 Å². The summed E-state index contributed by atoms with van der Waals surface area (Å²) in [6.07, 6.45) is 4.22. The van der Waals surface area contributed by atoms with Crippen LogP contribution in [-0.2, 0) is 0 Å². The average Bonchev–Trinajstić information content (AvgIpc) is 2.19. The molecule has 0 aromatic carbocycles. The third-order valence-corrected chi connectivity index (χ3v) is 2.94. The summed E-state index contributed by atoms with van der Waals surface area (Å²) in [6, 6.07) is 3.76. The largest absolute Gasteiger partial charge is 0.387 e. The number of thioether (sulfide) groups is 1. The highest BCUT2D eigenvalue weighted by atomic mass is 32.2. The summed E-state index contributed by atoms with van der Waals surface area (Å²) in [4.78, 5) is 3.96. The average molecular weight is 197 g/mol. The maximum absolute atomic E-state index is 9.69. The van der Waals surface area contributed by atoms with Gasteiger partial charge in [0.1, 0.15) is 0 Å². The Labute approximate surface area is 83.4 Å². The molecule has 0 saturated carbocycles. The second kappa shape index (κ2) is 6.00. The first-order chi connectivity index (χ1) is 6.34. The number of rotatable bonds is 5. The van der Waals surface area contributed by atoms with Gasteiger partial charge in [0.25, 0.3) is 0 Å². The fourth-order valence-electron chi connectivity index (χ4n) is 1.01. The van der Waals surface area contributed by atoms with Crippen LogP contribution in [0.1, 0.15) is 25.0 Å². The Morgan fingerprint density at radius 1 is 1.62 bits per heavy atom. The number of aromatic nitrogens is 1. The van der Waals surface area contributed by atoms with Crippen molar-refractivity contribution in [3.8, 4) is 0 Å². The minimum Gasteiger partial charge on any atom is -0.387 e. The van der Waals surface area contributed by atoms with E-state index in [0.29, 0.717) is 0 Å². The van der Waals surface area contributed by atoms with Crippen LogP contribution < -0.4 is 0 Å². The molecule has 1 N–H and O–H groups in total. The van der Waals surface area contributed by atoms with Crippen LogP contribution in [0.2, 0.25) is 0 Å². The van der Waals surface area contributed by atoms with Gasteiger partial charge in [-0.3, -0.25) is 4.98 Å². The van der Waals surface area contributed by atoms with E-state index >= 15 is 0 Å². The minimum atomic E-state index is -0.370. The van der Waals surface area contributed by atoms with Gasteiger partial charge in [-0.05, 0) is 23.8 Å². The summed E-state index contributed by atoms with van der Waals surface area (Å²) in [5.74, 6) is 1.87. The quantitative estimate of drug-likeness (QED) is 0.735. The van der Waals surface area contributed by atoms with Crippen LogP contribution in [0.3, 0.4) is 0 Å². The number of hydrogen-bond acceptors (Lipinski definition) is 3. The fourth-order valence-corrected chi connectivity index (χ4v) is 1.88. The molecule has 3 heteroatoms. The number of aliphatic hydroxyl groups excluding tert-OH is 1. The first-order valence-corrected chi connectivity index (χ1v) is 5.65. The standard InChI is InChI=1S/C10H15NOS/c1-2-6-13-8-10(12)9-4-3-5-11-7-9/h3-5,7,10,12H,2,6,8H2,1H3. The predicted molar refractivity (Wildman–Crippen MR) is 56.8 cm³/mol. The molecule has 0 spiro atoms. The molecular formula is C10H15NOS. The van der Waals surface area contributed by atoms with Crippen molar-refractivity contribution in [2.24, 2.45) is 0 Å². The SMILES string of the molecule is CCCSCC(O)c1cccnc1. The molecule has 0 bridgehead atoms. The monoisotopic (exact) mass is 197 g/mol. The van der Waals surface area contributed by atoms with Crippen LogP contribution in [-0.4, -0.2) is 21.6 Å². The Morgan fingerprint density at radius 3 is 3.08 bits per heavy atom. The topological polar surface area (TPSA) is 33.1 Å². The lowest BCUT2D eigenvalue weighted by Crippen LogP contribution is -2.01. The van der Waals surface area contributed by atoms with Crippen molar-refractivity contribution in [1.82, 2.24) is 4.98 Å². The zero-order valence-corrected chi connectivity index (χ0v) is 8.63. The number of nitrogens with zero attached hydrogens (tertiary/aromatic N) is 1. The maximum Gasteiger partial charge on any atom is 0.0895 e. The van der Waals surface area contributed by atoms with Crippen molar-refractivity contribution in [2.75, 3.05) is 11.5 Å². The summed E-state index contributed by atoms with van der Waals surface area (Å²) in [5, 5.41) is 9.69. The second-order valence-corrected chi connectivity index (χ2v) is 4.03. The van der Waals surface area contributed by atoms with E-state index < -0.39 is 0 Å². The zero-order valence-electron chi connectivity index (χ0n) is 7.81. The highest BCUT2D eigenvalue weighted by Gasteiger charge is 2.05. The van der Waals surface area contributed by atoms with E-state index in [1.165, 1.54) is 0 Å². The highest BCUT2D eigenvalue weighted by Crippen LogP contribution is 2.17. The number of hydrogen-bond donors (Lipinski definition) is 1. The molecule has 0 aliphatic heterocycles. The molecule has 0 aliphatic rings. The highest BCUT2D eigenvalue weighted by molar-refractivity contribution is 7.99. The molecule has 2 nitrogen and oxygen atoms in total. The van der Waals surface area contributed by atoms with Gasteiger partial charge in [-0.2, -0.15) is 11.8 Å². The second-order valence-electron chi connectivity index (χ2n) is 2.88. The first-order valence-electron chi connectivity index (χ1n) is 4.50. The fraction of sp³-hybridized carbons (Fsp3) is 0.500. The molecule has 0 amide bonds. The van der Waals surface area contributed by atoms with E-state index in [1.807, 2.05) is 12.1 Å². The molecule has 1 heterocycles. The molecule has 0 aliphatic carbocycles. The number of aliphatic hydroxyl groups is 1. The Balaban J connectivity index is 2.35. The zero-order chi connectivity index (χ0) is 9.52. The lowest BCUT2D eigenvalue weighted by Gasteiger charge is -2.08. The van der Waals surface area contributed by atoms with E-state index in [4.69, 9.17) is 0 Å². The van der Waals surface area contributed by atoms with Gasteiger partial charge in [0.15, 0.2) is 0 Å². The summed E-state index contributed by atoms with van der Waals surface area (Å²) < 4.78 is 0. The summed E-state index contributed by atoms with van der Waals surface area (Å²) >= 11 is 1.78. The van der Waals surface area contributed by atoms with E-state index in [9.17, 15) is 5.11 Å². The van der Waals surface area contributed by atoms with E-state index in [2.05, 4.69) is 11.9 Å². The van der Waals surface area contributed by atoms with Crippen LogP contribution in [0.4, 0.5) is 0 Å². The van der Waals surface area contributed by atoms with Gasteiger partial charge in [-0.15, -0.1) is 0 Å². The van der Waals surface area contributed by atoms with Crippen molar-refractivity contribution in [2.45, 2.75) is 19.4 Å². The Morgan fingerprint density at radius 2 is 2.46 bits per heavy atom. The molecule has 1 rings (SSSR count). The Bertz CT molecular complexity index is 228. The third-order valence-electron chi connectivity index (χ3n) is 1.69. The van der Waals surface area contributed by atoms with Crippen molar-refractivity contribution >= 4 is 11.8 Å². The van der Waals surface area contributed by atoms with Crippen LogP contribution >= 0.6 is 11.8 Å². The lowest BCUT2D eigenvalue weighted by atomic mass is 10.2. The minimum absolute atomic E-state index is 0.370. The van der Waals surface area contributed by atoms with E-state index in [1.54, 1.807) is 24.2 Å². The molecule has 1 aromatic heterocycles.